The average molecular weight is 346 g/mol. The van der Waals surface area contributed by atoms with Gasteiger partial charge < -0.3 is 11.1 Å². The van der Waals surface area contributed by atoms with Gasteiger partial charge in [-0.15, -0.1) is 0 Å². The molecule has 0 radical (unpaired) electrons. The average Bonchev–Trinajstić information content (AvgIpc) is 2.59. The summed E-state index contributed by atoms with van der Waals surface area (Å²) in [5, 5.41) is 3.30. The van der Waals surface area contributed by atoms with Gasteiger partial charge in [0.05, 0.1) is 17.5 Å². The van der Waals surface area contributed by atoms with E-state index in [-0.39, 0.29) is 24.0 Å². The number of hydrogen-bond donors (Lipinski definition) is 2. The number of carbonyl (C=O) groups excluding carboxylic acids is 1. The highest BCUT2D eigenvalue weighted by Gasteiger charge is 2.16. The Bertz CT molecular complexity index is 707. The first-order chi connectivity index (χ1) is 11.5. The quantitative estimate of drug-likeness (QED) is 0.722. The highest BCUT2D eigenvalue weighted by atomic mass is 32.2. The third kappa shape index (κ3) is 5.79. The molecule has 5 nitrogen and oxygen atoms in total. The molecule has 2 aromatic rings. The van der Waals surface area contributed by atoms with Crippen LogP contribution < -0.4 is 11.1 Å². The van der Waals surface area contributed by atoms with Gasteiger partial charge in [-0.3, -0.25) is 4.79 Å². The second-order valence-electron chi connectivity index (χ2n) is 5.58. The number of benzene rings is 2. The van der Waals surface area contributed by atoms with Crippen molar-refractivity contribution in [2.75, 3.05) is 18.1 Å². The van der Waals surface area contributed by atoms with Crippen molar-refractivity contribution in [1.82, 2.24) is 5.32 Å². The molecule has 0 saturated heterocycles. The zero-order valence-corrected chi connectivity index (χ0v) is 14.2. The van der Waals surface area contributed by atoms with Crippen LogP contribution in [0, 0.1) is 0 Å². The Morgan fingerprint density at radius 3 is 1.88 bits per heavy atom. The molecule has 128 valence electrons. The molecule has 1 amide bonds. The van der Waals surface area contributed by atoms with E-state index in [1.807, 2.05) is 60.7 Å². The van der Waals surface area contributed by atoms with Crippen LogP contribution in [-0.2, 0) is 14.6 Å². The van der Waals surface area contributed by atoms with E-state index in [4.69, 9.17) is 5.73 Å². The number of hydrogen-bond acceptors (Lipinski definition) is 4. The maximum atomic E-state index is 11.9. The first kappa shape index (κ1) is 18.2. The molecule has 0 unspecified atom stereocenters. The summed E-state index contributed by atoms with van der Waals surface area (Å²) in [5.41, 5.74) is 7.15. The fourth-order valence-corrected chi connectivity index (χ4v) is 3.58. The summed E-state index contributed by atoms with van der Waals surface area (Å²) in [6, 6.07) is 19.6. The molecule has 0 aromatic heterocycles. The third-order valence-electron chi connectivity index (χ3n) is 3.69. The van der Waals surface area contributed by atoms with E-state index in [1.54, 1.807) is 0 Å². The monoisotopic (exact) mass is 346 g/mol. The van der Waals surface area contributed by atoms with Crippen molar-refractivity contribution in [3.05, 3.63) is 71.8 Å². The van der Waals surface area contributed by atoms with Gasteiger partial charge in [0, 0.05) is 13.0 Å². The molecule has 0 aliphatic heterocycles. The third-order valence-corrected chi connectivity index (χ3v) is 5.34. The van der Waals surface area contributed by atoms with Crippen LogP contribution in [0.3, 0.4) is 0 Å². The normalized spacial score (nSPS) is 11.5. The van der Waals surface area contributed by atoms with Gasteiger partial charge in [-0.25, -0.2) is 8.42 Å². The van der Waals surface area contributed by atoms with Gasteiger partial charge in [-0.1, -0.05) is 60.7 Å². The predicted molar refractivity (Wildman–Crippen MR) is 95.2 cm³/mol. The number of nitrogens with one attached hydrogen (secondary N) is 1. The molecule has 0 aliphatic rings. The van der Waals surface area contributed by atoms with Gasteiger partial charge in [0.25, 0.3) is 0 Å². The lowest BCUT2D eigenvalue weighted by molar-refractivity contribution is -0.117. The van der Waals surface area contributed by atoms with E-state index in [2.05, 4.69) is 5.32 Å². The summed E-state index contributed by atoms with van der Waals surface area (Å²) < 4.78 is 23.9. The summed E-state index contributed by atoms with van der Waals surface area (Å²) in [5.74, 6) is -0.833. The maximum absolute atomic E-state index is 11.9. The van der Waals surface area contributed by atoms with Gasteiger partial charge in [0.15, 0.2) is 9.84 Å². The molecule has 0 saturated carbocycles. The standard InChI is InChI=1S/C18H22N2O3S/c19-17(21)11-13-24(22,23)14-12-20-18(15-7-3-1-4-8-15)16-9-5-2-6-10-16/h1-10,18,20H,11-14H2,(H2,19,21). The SMILES string of the molecule is NC(=O)CCS(=O)(=O)CCNC(c1ccccc1)c1ccccc1. The Morgan fingerprint density at radius 1 is 0.917 bits per heavy atom. The second kappa shape index (κ2) is 8.61. The molecule has 3 N–H and O–H groups in total. The maximum Gasteiger partial charge on any atom is 0.218 e. The number of primary amides is 1. The Balaban J connectivity index is 2.04. The summed E-state index contributed by atoms with van der Waals surface area (Å²) in [6.45, 7) is 0.301. The molecule has 0 heterocycles. The van der Waals surface area contributed by atoms with Crippen LogP contribution in [0.25, 0.3) is 0 Å². The molecule has 0 spiro atoms. The predicted octanol–water partition coefficient (Wildman–Crippen LogP) is 1.66. The van der Waals surface area contributed by atoms with Crippen molar-refractivity contribution < 1.29 is 13.2 Å². The highest BCUT2D eigenvalue weighted by molar-refractivity contribution is 7.91. The Hall–Kier alpha value is -2.18. The van der Waals surface area contributed by atoms with E-state index < -0.39 is 15.7 Å². The lowest BCUT2D eigenvalue weighted by Gasteiger charge is -2.20. The molecule has 0 aliphatic carbocycles. The lowest BCUT2D eigenvalue weighted by Crippen LogP contribution is -2.29. The molecule has 6 heteroatoms. The van der Waals surface area contributed by atoms with Crippen LogP contribution in [0.1, 0.15) is 23.6 Å². The number of rotatable bonds is 9. The number of amides is 1. The minimum Gasteiger partial charge on any atom is -0.370 e. The zero-order valence-electron chi connectivity index (χ0n) is 13.4. The molecular formula is C18H22N2O3S. The first-order valence-corrected chi connectivity index (χ1v) is 9.62. The largest absolute Gasteiger partial charge is 0.370 e. The molecule has 0 atom stereocenters. The molecular weight excluding hydrogens is 324 g/mol. The molecule has 2 rings (SSSR count). The lowest BCUT2D eigenvalue weighted by atomic mass is 9.99. The summed E-state index contributed by atoms with van der Waals surface area (Å²) in [6.07, 6.45) is -0.136. The van der Waals surface area contributed by atoms with Gasteiger partial charge in [0.2, 0.25) is 5.91 Å². The minimum absolute atomic E-state index is 0.0313. The smallest absolute Gasteiger partial charge is 0.218 e. The fourth-order valence-electron chi connectivity index (χ4n) is 2.44. The van der Waals surface area contributed by atoms with E-state index in [0.29, 0.717) is 6.54 Å². The van der Waals surface area contributed by atoms with Crippen LogP contribution in [0.5, 0.6) is 0 Å². The summed E-state index contributed by atoms with van der Waals surface area (Å²) in [7, 11) is -3.30. The Morgan fingerprint density at radius 2 is 1.42 bits per heavy atom. The van der Waals surface area contributed by atoms with E-state index >= 15 is 0 Å². The fraction of sp³-hybridized carbons (Fsp3) is 0.278. The zero-order chi connectivity index (χ0) is 17.4. The molecule has 24 heavy (non-hydrogen) atoms. The van der Waals surface area contributed by atoms with Crippen molar-refractivity contribution in [3.63, 3.8) is 0 Å². The Kier molecular flexibility index (Phi) is 6.52. The number of nitrogens with two attached hydrogens (primary N) is 1. The van der Waals surface area contributed by atoms with E-state index in [0.717, 1.165) is 11.1 Å². The summed E-state index contributed by atoms with van der Waals surface area (Å²) in [4.78, 5) is 10.7. The second-order valence-corrected chi connectivity index (χ2v) is 7.88. The van der Waals surface area contributed by atoms with Gasteiger partial charge in [0.1, 0.15) is 0 Å². The van der Waals surface area contributed by atoms with Gasteiger partial charge >= 0.3 is 0 Å². The number of carbonyl (C=O) groups is 1. The van der Waals surface area contributed by atoms with Crippen molar-refractivity contribution in [3.8, 4) is 0 Å². The van der Waals surface area contributed by atoms with Gasteiger partial charge in [-0.2, -0.15) is 0 Å². The van der Waals surface area contributed by atoms with Crippen LogP contribution in [0.15, 0.2) is 60.7 Å². The summed E-state index contributed by atoms with van der Waals surface area (Å²) >= 11 is 0. The molecule has 2 aromatic carbocycles. The minimum atomic E-state index is -3.30. The first-order valence-electron chi connectivity index (χ1n) is 7.80. The van der Waals surface area contributed by atoms with Gasteiger partial charge in [-0.05, 0) is 11.1 Å². The van der Waals surface area contributed by atoms with Crippen molar-refractivity contribution in [1.29, 1.82) is 0 Å². The number of sulfone groups is 1. The van der Waals surface area contributed by atoms with Crippen molar-refractivity contribution in [2.24, 2.45) is 5.73 Å². The Labute approximate surface area is 142 Å². The highest BCUT2D eigenvalue weighted by Crippen LogP contribution is 2.21. The van der Waals surface area contributed by atoms with Crippen LogP contribution in [-0.4, -0.2) is 32.4 Å². The van der Waals surface area contributed by atoms with Crippen molar-refractivity contribution >= 4 is 15.7 Å². The van der Waals surface area contributed by atoms with Crippen LogP contribution in [0.2, 0.25) is 0 Å². The van der Waals surface area contributed by atoms with Crippen LogP contribution >= 0.6 is 0 Å². The van der Waals surface area contributed by atoms with E-state index in [9.17, 15) is 13.2 Å². The molecule has 0 bridgehead atoms. The van der Waals surface area contributed by atoms with Crippen LogP contribution in [0.4, 0.5) is 0 Å². The van der Waals surface area contributed by atoms with Crippen molar-refractivity contribution in [2.45, 2.75) is 12.5 Å². The van der Waals surface area contributed by atoms with E-state index in [1.165, 1.54) is 0 Å². The topological polar surface area (TPSA) is 89.3 Å². The molecule has 0 fully saturated rings.